The minimum absolute atomic E-state index is 0.0605. The van der Waals surface area contributed by atoms with Crippen LogP contribution in [0.1, 0.15) is 58.8 Å². The lowest BCUT2D eigenvalue weighted by Gasteiger charge is -2.47. The lowest BCUT2D eigenvalue weighted by atomic mass is 10.0. The third-order valence-electron chi connectivity index (χ3n) is 4.09. The fourth-order valence-electron chi connectivity index (χ4n) is 2.79. The second-order valence-electron chi connectivity index (χ2n) is 5.83. The Morgan fingerprint density at radius 1 is 1.25 bits per heavy atom. The van der Waals surface area contributed by atoms with E-state index in [4.69, 9.17) is 0 Å². The first kappa shape index (κ1) is 15.9. The minimum atomic E-state index is 0.0605. The van der Waals surface area contributed by atoms with Crippen LogP contribution in [0, 0.1) is 0 Å². The summed E-state index contributed by atoms with van der Waals surface area (Å²) in [6, 6.07) is 0.0605. The average molecular weight is 296 g/mol. The van der Waals surface area contributed by atoms with Gasteiger partial charge < -0.3 is 10.2 Å². The smallest absolute Gasteiger partial charge is 0.247 e. The van der Waals surface area contributed by atoms with Gasteiger partial charge in [-0.3, -0.25) is 4.79 Å². The minimum Gasteiger partial charge on any atom is -0.303 e. The Kier molecular flexibility index (Phi) is 6.43. The van der Waals surface area contributed by atoms with E-state index in [0.29, 0.717) is 5.37 Å². The molecule has 0 radical (unpaired) electrons. The predicted molar refractivity (Wildman–Crippen MR) is 86.6 cm³/mol. The van der Waals surface area contributed by atoms with Crippen LogP contribution in [0.2, 0.25) is 0 Å². The first-order chi connectivity index (χ1) is 9.77. The molecular formula is C16H28N2OS. The van der Waals surface area contributed by atoms with E-state index in [9.17, 15) is 4.79 Å². The monoisotopic (exact) mass is 296 g/mol. The second-order valence-corrected chi connectivity index (χ2v) is 6.94. The number of hydrogen-bond donors (Lipinski definition) is 1. The maximum atomic E-state index is 12.1. The van der Waals surface area contributed by atoms with Crippen LogP contribution in [0.3, 0.4) is 0 Å². The molecule has 2 rings (SSSR count). The van der Waals surface area contributed by atoms with Gasteiger partial charge in [0, 0.05) is 12.0 Å². The summed E-state index contributed by atoms with van der Waals surface area (Å²) >= 11 is 1.93. The van der Waals surface area contributed by atoms with E-state index in [-0.39, 0.29) is 11.9 Å². The van der Waals surface area contributed by atoms with Crippen LogP contribution >= 0.6 is 11.8 Å². The molecule has 0 bridgehead atoms. The van der Waals surface area contributed by atoms with Crippen molar-refractivity contribution in [2.45, 2.75) is 70.2 Å². The summed E-state index contributed by atoms with van der Waals surface area (Å²) in [6.07, 6.45) is 10.8. The molecule has 2 aliphatic rings. The van der Waals surface area contributed by atoms with Crippen LogP contribution in [-0.4, -0.2) is 34.5 Å². The van der Waals surface area contributed by atoms with E-state index in [2.05, 4.69) is 25.4 Å². The maximum absolute atomic E-state index is 12.1. The van der Waals surface area contributed by atoms with Crippen molar-refractivity contribution in [3.05, 3.63) is 11.8 Å². The molecule has 3 nitrogen and oxygen atoms in total. The van der Waals surface area contributed by atoms with E-state index in [0.717, 1.165) is 18.7 Å². The number of amides is 1. The topological polar surface area (TPSA) is 32.3 Å². The van der Waals surface area contributed by atoms with Crippen LogP contribution < -0.4 is 5.32 Å². The Morgan fingerprint density at radius 2 is 2.00 bits per heavy atom. The molecule has 0 aromatic carbocycles. The van der Waals surface area contributed by atoms with Crippen LogP contribution in [-0.2, 0) is 4.79 Å². The normalized spacial score (nSPS) is 25.2. The highest BCUT2D eigenvalue weighted by Gasteiger charge is 2.47. The van der Waals surface area contributed by atoms with Crippen molar-refractivity contribution in [3.8, 4) is 0 Å². The highest BCUT2D eigenvalue weighted by molar-refractivity contribution is 8.00. The highest BCUT2D eigenvalue weighted by Crippen LogP contribution is 2.37. The van der Waals surface area contributed by atoms with Gasteiger partial charge >= 0.3 is 0 Å². The van der Waals surface area contributed by atoms with Gasteiger partial charge in [-0.1, -0.05) is 39.5 Å². The van der Waals surface area contributed by atoms with Crippen LogP contribution in [0.5, 0.6) is 0 Å². The first-order valence-electron chi connectivity index (χ1n) is 8.14. The standard InChI is InChI=1S/C16H28N2OS/c1-3-5-7-9-13-11-18-15(19)14(16(18)20-12-13)17-10-8-6-4-2/h11,14,16-17H,3-10,12H2,1-2H3/t14?,16-/m1/s1. The first-order valence-corrected chi connectivity index (χ1v) is 9.19. The molecule has 1 fully saturated rings. The van der Waals surface area contributed by atoms with Crippen molar-refractivity contribution in [1.29, 1.82) is 0 Å². The molecule has 2 aliphatic heterocycles. The number of nitrogens with zero attached hydrogens (tertiary/aromatic N) is 1. The van der Waals surface area contributed by atoms with Crippen LogP contribution in [0.25, 0.3) is 0 Å². The van der Waals surface area contributed by atoms with Crippen molar-refractivity contribution >= 4 is 17.7 Å². The molecule has 1 N–H and O–H groups in total. The van der Waals surface area contributed by atoms with Crippen molar-refractivity contribution in [2.75, 3.05) is 12.3 Å². The van der Waals surface area contributed by atoms with Crippen molar-refractivity contribution in [2.24, 2.45) is 0 Å². The zero-order valence-corrected chi connectivity index (χ0v) is 13.7. The Balaban J connectivity index is 1.75. The largest absolute Gasteiger partial charge is 0.303 e. The van der Waals surface area contributed by atoms with Gasteiger partial charge in [-0.2, -0.15) is 0 Å². The predicted octanol–water partition coefficient (Wildman–Crippen LogP) is 3.51. The third-order valence-corrected chi connectivity index (χ3v) is 5.47. The van der Waals surface area contributed by atoms with Gasteiger partial charge in [-0.05, 0) is 31.4 Å². The van der Waals surface area contributed by atoms with Crippen molar-refractivity contribution < 1.29 is 4.79 Å². The van der Waals surface area contributed by atoms with E-state index < -0.39 is 0 Å². The Labute approximate surface area is 127 Å². The molecule has 1 unspecified atom stereocenters. The van der Waals surface area contributed by atoms with Gasteiger partial charge in [0.1, 0.15) is 11.4 Å². The van der Waals surface area contributed by atoms with E-state index >= 15 is 0 Å². The zero-order chi connectivity index (χ0) is 14.4. The Morgan fingerprint density at radius 3 is 2.75 bits per heavy atom. The molecule has 0 saturated carbocycles. The van der Waals surface area contributed by atoms with Crippen molar-refractivity contribution in [3.63, 3.8) is 0 Å². The molecule has 1 saturated heterocycles. The number of fused-ring (bicyclic) bond motifs is 1. The van der Waals surface area contributed by atoms with Gasteiger partial charge in [0.2, 0.25) is 5.91 Å². The molecule has 2 heterocycles. The number of nitrogens with one attached hydrogen (secondary N) is 1. The lowest BCUT2D eigenvalue weighted by molar-refractivity contribution is -0.141. The lowest BCUT2D eigenvalue weighted by Crippen LogP contribution is -2.67. The Bertz CT molecular complexity index is 356. The number of carbonyl (C=O) groups excluding carboxylic acids is 1. The molecule has 0 spiro atoms. The van der Waals surface area contributed by atoms with Gasteiger partial charge in [-0.15, -0.1) is 11.8 Å². The van der Waals surface area contributed by atoms with E-state index in [1.165, 1.54) is 44.1 Å². The molecule has 0 aromatic heterocycles. The summed E-state index contributed by atoms with van der Waals surface area (Å²) in [5, 5.41) is 3.78. The molecule has 1 amide bonds. The molecule has 20 heavy (non-hydrogen) atoms. The average Bonchev–Trinajstić information content (AvgIpc) is 2.47. The van der Waals surface area contributed by atoms with Gasteiger partial charge in [0.05, 0.1) is 0 Å². The summed E-state index contributed by atoms with van der Waals surface area (Å²) in [5.41, 5.74) is 1.44. The SMILES string of the molecule is CCCCCNC1C(=O)N2C=C(CCCCC)CS[C@H]12. The molecular weight excluding hydrogens is 268 g/mol. The molecule has 4 heteroatoms. The van der Waals surface area contributed by atoms with Crippen LogP contribution in [0.4, 0.5) is 0 Å². The fourth-order valence-corrected chi connectivity index (χ4v) is 4.12. The molecule has 0 aliphatic carbocycles. The molecule has 0 aromatic rings. The summed E-state index contributed by atoms with van der Waals surface area (Å²) in [4.78, 5) is 14.1. The fraction of sp³-hybridized carbons (Fsp3) is 0.812. The summed E-state index contributed by atoms with van der Waals surface area (Å²) < 4.78 is 0. The quantitative estimate of drug-likeness (QED) is 0.522. The van der Waals surface area contributed by atoms with Crippen LogP contribution in [0.15, 0.2) is 11.8 Å². The number of rotatable bonds is 9. The van der Waals surface area contributed by atoms with E-state index in [1.54, 1.807) is 0 Å². The zero-order valence-electron chi connectivity index (χ0n) is 12.9. The number of β-lactam (4-membered cyclic amide) rings is 1. The maximum Gasteiger partial charge on any atom is 0.247 e. The van der Waals surface area contributed by atoms with E-state index in [1.807, 2.05) is 16.7 Å². The van der Waals surface area contributed by atoms with Crippen molar-refractivity contribution in [1.82, 2.24) is 10.2 Å². The summed E-state index contributed by atoms with van der Waals surface area (Å²) in [6.45, 7) is 5.41. The molecule has 2 atom stereocenters. The van der Waals surface area contributed by atoms with Gasteiger partial charge in [0.15, 0.2) is 0 Å². The third kappa shape index (κ3) is 3.79. The van der Waals surface area contributed by atoms with Gasteiger partial charge in [-0.25, -0.2) is 0 Å². The number of thioether (sulfide) groups is 1. The van der Waals surface area contributed by atoms with Gasteiger partial charge in [0.25, 0.3) is 0 Å². The highest BCUT2D eigenvalue weighted by atomic mass is 32.2. The molecule has 114 valence electrons. The number of hydrogen-bond acceptors (Lipinski definition) is 3. The Hall–Kier alpha value is -0.480. The number of carbonyl (C=O) groups is 1. The summed E-state index contributed by atoms with van der Waals surface area (Å²) in [7, 11) is 0. The second kappa shape index (κ2) is 8.08. The number of unbranched alkanes of at least 4 members (excludes halogenated alkanes) is 4. The summed E-state index contributed by atoms with van der Waals surface area (Å²) in [5.74, 6) is 1.37.